The topological polar surface area (TPSA) is 69.7 Å². The summed E-state index contributed by atoms with van der Waals surface area (Å²) >= 11 is 1.30. The first-order valence-corrected chi connectivity index (χ1v) is 14.4. The van der Waals surface area contributed by atoms with Gasteiger partial charge in [0.2, 0.25) is 0 Å². The maximum Gasteiger partial charge on any atom is 0.335 e. The third-order valence-electron chi connectivity index (χ3n) is 6.19. The predicted octanol–water partition coefficient (Wildman–Crippen LogP) is 4.45. The Bertz CT molecular complexity index is 1310. The summed E-state index contributed by atoms with van der Waals surface area (Å²) in [6, 6.07) is 32.5. The molecule has 0 spiro atoms. The van der Waals surface area contributed by atoms with Gasteiger partial charge in [-0.05, 0) is 34.2 Å². The Morgan fingerprint density at radius 3 is 1.57 bits per heavy atom. The van der Waals surface area contributed by atoms with E-state index in [-0.39, 0.29) is 17.5 Å². The van der Waals surface area contributed by atoms with Gasteiger partial charge in [-0.3, -0.25) is 9.59 Å². The van der Waals surface area contributed by atoms with Crippen molar-refractivity contribution in [1.29, 1.82) is 0 Å². The van der Waals surface area contributed by atoms with E-state index in [9.17, 15) is 14.4 Å². The molecule has 0 aliphatic rings. The molecule has 3 aromatic carbocycles. The van der Waals surface area contributed by atoms with Crippen LogP contribution in [0.4, 0.5) is 0 Å². The highest BCUT2D eigenvalue weighted by Gasteiger charge is 2.42. The van der Waals surface area contributed by atoms with Gasteiger partial charge < -0.3 is 9.47 Å². The highest BCUT2D eigenvalue weighted by molar-refractivity contribution is 7.96. The van der Waals surface area contributed by atoms with E-state index in [1.807, 2.05) is 91.0 Å². The van der Waals surface area contributed by atoms with Crippen LogP contribution < -0.4 is 15.9 Å². The van der Waals surface area contributed by atoms with Crippen molar-refractivity contribution in [3.8, 4) is 0 Å². The molecule has 4 aromatic rings. The number of carbonyl (C=O) groups is 3. The minimum absolute atomic E-state index is 0.216. The molecule has 0 fully saturated rings. The van der Waals surface area contributed by atoms with Crippen LogP contribution in [0.2, 0.25) is 0 Å². The lowest BCUT2D eigenvalue weighted by molar-refractivity contribution is -0.144. The fourth-order valence-corrected chi connectivity index (χ4v) is 9.89. The summed E-state index contributed by atoms with van der Waals surface area (Å²) in [4.78, 5) is 41.2. The number of esters is 2. The second kappa shape index (κ2) is 12.0. The van der Waals surface area contributed by atoms with Gasteiger partial charge in [0.1, 0.15) is 0 Å². The molecule has 0 N–H and O–H groups in total. The molecule has 1 aromatic heterocycles. The maximum absolute atomic E-state index is 13.9. The highest BCUT2D eigenvalue weighted by atomic mass is 32.1. The van der Waals surface area contributed by atoms with Gasteiger partial charge in [-0.25, -0.2) is 4.79 Å². The molecule has 188 valence electrons. The molecule has 0 aliphatic heterocycles. The average Bonchev–Trinajstić information content (AvgIpc) is 3.51. The van der Waals surface area contributed by atoms with E-state index in [4.69, 9.17) is 9.47 Å². The van der Waals surface area contributed by atoms with Gasteiger partial charge >= 0.3 is 11.9 Å². The lowest BCUT2D eigenvalue weighted by Crippen LogP contribution is -2.41. The summed E-state index contributed by atoms with van der Waals surface area (Å²) in [5, 5.41) is 4.64. The number of hydrogen-bond acceptors (Lipinski definition) is 6. The lowest BCUT2D eigenvalue weighted by Gasteiger charge is -2.34. The Kier molecular flexibility index (Phi) is 8.54. The largest absolute Gasteiger partial charge is 0.469 e. The van der Waals surface area contributed by atoms with Gasteiger partial charge in [-0.15, -0.1) is 11.3 Å². The maximum atomic E-state index is 13.9. The third kappa shape index (κ3) is 5.22. The van der Waals surface area contributed by atoms with Gasteiger partial charge in [-0.1, -0.05) is 97.1 Å². The van der Waals surface area contributed by atoms with Crippen molar-refractivity contribution in [2.45, 2.75) is 6.42 Å². The van der Waals surface area contributed by atoms with Crippen LogP contribution >= 0.6 is 18.2 Å². The minimum Gasteiger partial charge on any atom is -0.469 e. The van der Waals surface area contributed by atoms with E-state index in [1.165, 1.54) is 25.6 Å². The van der Waals surface area contributed by atoms with Gasteiger partial charge in [0.05, 0.1) is 30.3 Å². The molecular formula is C30H27O5PS. The number of ketones is 1. The number of thiophene rings is 1. The number of ether oxygens (including phenoxy) is 2. The molecule has 0 saturated heterocycles. The van der Waals surface area contributed by atoms with Gasteiger partial charge in [0.15, 0.2) is 5.78 Å². The SMILES string of the molecule is COC(=O)C(C(CC(=O)c1cccs1)C(=O)OC)=P(c1ccccc1)(c1ccccc1)c1ccccc1. The van der Waals surface area contributed by atoms with Crippen LogP contribution in [0.15, 0.2) is 109 Å². The highest BCUT2D eigenvalue weighted by Crippen LogP contribution is 2.48. The summed E-state index contributed by atoms with van der Waals surface area (Å²) in [6.07, 6.45) is -0.216. The van der Waals surface area contributed by atoms with Crippen molar-refractivity contribution in [2.75, 3.05) is 14.2 Å². The summed E-state index contributed by atoms with van der Waals surface area (Å²) in [7, 11) is 2.57. The molecule has 0 bridgehead atoms. The quantitative estimate of drug-likeness (QED) is 0.182. The van der Waals surface area contributed by atoms with Crippen LogP contribution in [-0.4, -0.2) is 37.2 Å². The van der Waals surface area contributed by atoms with E-state index in [2.05, 4.69) is 0 Å². The van der Waals surface area contributed by atoms with E-state index in [0.717, 1.165) is 15.9 Å². The molecular weight excluding hydrogens is 503 g/mol. The first-order chi connectivity index (χ1) is 18.0. The second-order valence-corrected chi connectivity index (χ2v) is 12.6. The molecule has 0 saturated carbocycles. The molecule has 1 atom stereocenters. The van der Waals surface area contributed by atoms with E-state index >= 15 is 0 Å². The lowest BCUT2D eigenvalue weighted by atomic mass is 9.98. The number of methoxy groups -OCH3 is 2. The average molecular weight is 531 g/mol. The molecule has 7 heteroatoms. The zero-order chi connectivity index (χ0) is 26.3. The molecule has 4 rings (SSSR count). The zero-order valence-electron chi connectivity index (χ0n) is 20.6. The molecule has 0 aliphatic carbocycles. The van der Waals surface area contributed by atoms with Crippen molar-refractivity contribution < 1.29 is 23.9 Å². The van der Waals surface area contributed by atoms with Crippen LogP contribution in [0.25, 0.3) is 0 Å². The Labute approximate surface area is 220 Å². The van der Waals surface area contributed by atoms with Gasteiger partial charge in [-0.2, -0.15) is 0 Å². The second-order valence-electron chi connectivity index (χ2n) is 8.23. The first-order valence-electron chi connectivity index (χ1n) is 11.7. The zero-order valence-corrected chi connectivity index (χ0v) is 22.3. The van der Waals surface area contributed by atoms with Crippen LogP contribution in [0, 0.1) is 5.92 Å². The van der Waals surface area contributed by atoms with Gasteiger partial charge in [0, 0.05) is 6.42 Å². The van der Waals surface area contributed by atoms with E-state index in [1.54, 1.807) is 17.5 Å². The van der Waals surface area contributed by atoms with Crippen molar-refractivity contribution >= 4 is 57.2 Å². The Morgan fingerprint density at radius 1 is 0.703 bits per heavy atom. The molecule has 1 heterocycles. The summed E-state index contributed by atoms with van der Waals surface area (Å²) in [6.45, 7) is -3.00. The summed E-state index contributed by atoms with van der Waals surface area (Å²) in [5.74, 6) is -2.68. The van der Waals surface area contributed by atoms with Crippen LogP contribution in [0.5, 0.6) is 0 Å². The monoisotopic (exact) mass is 530 g/mol. The normalized spacial score (nSPS) is 11.8. The van der Waals surface area contributed by atoms with Crippen molar-refractivity contribution in [3.05, 3.63) is 113 Å². The number of benzene rings is 3. The number of hydrogen-bond donors (Lipinski definition) is 0. The van der Waals surface area contributed by atoms with Crippen molar-refractivity contribution in [3.63, 3.8) is 0 Å². The predicted molar refractivity (Wildman–Crippen MR) is 151 cm³/mol. The Morgan fingerprint density at radius 2 is 1.19 bits per heavy atom. The smallest absolute Gasteiger partial charge is 0.335 e. The third-order valence-corrected chi connectivity index (χ3v) is 11.5. The number of carbonyl (C=O) groups excluding carboxylic acids is 3. The fraction of sp³-hybridized carbons (Fsp3) is 0.133. The summed E-state index contributed by atoms with van der Waals surface area (Å²) in [5.41, 5.74) is 0. The van der Waals surface area contributed by atoms with Crippen molar-refractivity contribution in [2.24, 2.45) is 5.92 Å². The minimum atomic E-state index is -3.00. The van der Waals surface area contributed by atoms with Crippen LogP contribution in [-0.2, 0) is 19.1 Å². The van der Waals surface area contributed by atoms with Gasteiger partial charge in [0.25, 0.3) is 0 Å². The Balaban J connectivity index is 2.19. The molecule has 5 nitrogen and oxygen atoms in total. The van der Waals surface area contributed by atoms with Crippen LogP contribution in [0.1, 0.15) is 16.1 Å². The first kappa shape index (κ1) is 26.3. The molecule has 0 amide bonds. The number of Topliss-reactive ketones (excluding diaryl/α,β-unsaturated/α-hetero) is 1. The standard InChI is InChI=1S/C30H27O5PS/c1-34-29(32)25(21-26(31)27-19-12-20-37-27)28(30(33)35-2)36(22-13-6-3-7-14-22,23-15-8-4-9-16-23)24-17-10-5-11-18-24/h3-20,25H,21H2,1-2H3. The Hall–Kier alpha value is -3.73. The van der Waals surface area contributed by atoms with E-state index in [0.29, 0.717) is 4.88 Å². The van der Waals surface area contributed by atoms with E-state index < -0.39 is 24.7 Å². The fourth-order valence-electron chi connectivity index (χ4n) is 4.59. The van der Waals surface area contributed by atoms with Crippen LogP contribution in [0.3, 0.4) is 0 Å². The molecule has 1 unspecified atom stereocenters. The molecule has 0 radical (unpaired) electrons. The van der Waals surface area contributed by atoms with Crippen molar-refractivity contribution in [1.82, 2.24) is 0 Å². The molecule has 37 heavy (non-hydrogen) atoms. The number of rotatable bonds is 9. The summed E-state index contributed by atoms with van der Waals surface area (Å²) < 4.78 is 10.6.